The molecule has 0 radical (unpaired) electrons. The zero-order valence-corrected chi connectivity index (χ0v) is 38.6. The monoisotopic (exact) mass is 926 g/mol. The molecule has 2 heterocycles. The zero-order chi connectivity index (χ0) is 50.5. The standard InChI is InChI=1S/C63H30N10/c1-37-25-38(34-64)15-20-46(37)40-16-21-49(61(31-40)73-57-14-10-8-12-48(57)50-29-41(17-22-59(50)73)62-43(36-66)28-45(68-3)33-55(62)71-6)52-32-44(67-2)19-24-60(52)72-56-13-9-7-11-47(56)51-30-42(18-23-58(51)72)63-53(69-4)26-39(35-65)27-54(63)70-5/h7-33H,1H3. The summed E-state index contributed by atoms with van der Waals surface area (Å²) in [6.07, 6.45) is 0. The first kappa shape index (κ1) is 44.0. The van der Waals surface area contributed by atoms with Crippen molar-refractivity contribution in [1.82, 2.24) is 9.13 Å². The fraction of sp³-hybridized carbons (Fsp3) is 0.0159. The summed E-state index contributed by atoms with van der Waals surface area (Å²) in [5.74, 6) is 0. The average molecular weight is 927 g/mol. The van der Waals surface area contributed by atoms with E-state index in [0.717, 1.165) is 82.8 Å². The number of benzene rings is 9. The zero-order valence-electron chi connectivity index (χ0n) is 38.6. The molecule has 332 valence electrons. The highest BCUT2D eigenvalue weighted by molar-refractivity contribution is 6.14. The summed E-state index contributed by atoms with van der Waals surface area (Å²) < 4.78 is 4.40. The Kier molecular flexibility index (Phi) is 10.6. The molecule has 0 amide bonds. The Balaban J connectivity index is 1.21. The second-order valence-electron chi connectivity index (χ2n) is 17.3. The Bertz CT molecular complexity index is 4550. The Morgan fingerprint density at radius 2 is 0.932 bits per heavy atom. The molecule has 0 saturated carbocycles. The molecule has 0 saturated heterocycles. The first-order valence-electron chi connectivity index (χ1n) is 22.7. The minimum Gasteiger partial charge on any atom is -0.309 e. The van der Waals surface area contributed by atoms with Crippen LogP contribution in [0.3, 0.4) is 0 Å². The van der Waals surface area contributed by atoms with Crippen molar-refractivity contribution in [2.24, 2.45) is 0 Å². The van der Waals surface area contributed by atoms with E-state index in [1.807, 2.05) is 122 Å². The average Bonchev–Trinajstić information content (AvgIpc) is 3.95. The van der Waals surface area contributed by atoms with Gasteiger partial charge in [-0.05, 0) is 131 Å². The summed E-state index contributed by atoms with van der Waals surface area (Å²) in [7, 11) is 0. The molecular formula is C63H30N10. The molecule has 0 aliphatic carbocycles. The van der Waals surface area contributed by atoms with Gasteiger partial charge in [-0.1, -0.05) is 78.9 Å². The molecule has 11 aromatic rings. The van der Waals surface area contributed by atoms with Crippen LogP contribution in [0.25, 0.3) is 124 Å². The SMILES string of the molecule is [C-]#[N+]c1cc(C#N)c(-c2ccc3c(c2)c2ccccc2n3-c2cc(-c3ccc(C#N)cc3C)ccc2-c2cc([N+]#[C-])ccc2-n2c3ccccc3c3cc(-c4c([N+]#[C-])cc(C#N)cc4[N+]#[C-])ccc32)c([N+]#[C-])c1. The van der Waals surface area contributed by atoms with Gasteiger partial charge in [0.1, 0.15) is 0 Å². The van der Waals surface area contributed by atoms with Crippen molar-refractivity contribution in [3.05, 3.63) is 243 Å². The molecule has 0 unspecified atom stereocenters. The smallest absolute Gasteiger partial charge is 0.188 e. The lowest BCUT2D eigenvalue weighted by atomic mass is 9.93. The van der Waals surface area contributed by atoms with Gasteiger partial charge in [0, 0.05) is 43.8 Å². The quantitative estimate of drug-likeness (QED) is 0.155. The van der Waals surface area contributed by atoms with Gasteiger partial charge in [0.05, 0.1) is 90.1 Å². The third kappa shape index (κ3) is 7.04. The maximum Gasteiger partial charge on any atom is 0.188 e. The number of aromatic nitrogens is 2. The van der Waals surface area contributed by atoms with E-state index in [1.54, 1.807) is 0 Å². The molecule has 11 rings (SSSR count). The number of nitriles is 3. The van der Waals surface area contributed by atoms with Gasteiger partial charge >= 0.3 is 0 Å². The van der Waals surface area contributed by atoms with E-state index >= 15 is 0 Å². The van der Waals surface area contributed by atoms with E-state index in [1.165, 1.54) is 24.3 Å². The largest absolute Gasteiger partial charge is 0.309 e. The number of hydrogen-bond donors (Lipinski definition) is 0. The van der Waals surface area contributed by atoms with Crippen LogP contribution >= 0.6 is 0 Å². The number of hydrogen-bond acceptors (Lipinski definition) is 3. The highest BCUT2D eigenvalue weighted by Crippen LogP contribution is 2.47. The van der Waals surface area contributed by atoms with Crippen LogP contribution in [0.15, 0.2) is 164 Å². The van der Waals surface area contributed by atoms with Crippen LogP contribution in [0.2, 0.25) is 0 Å². The number of para-hydroxylation sites is 2. The minimum absolute atomic E-state index is 0.213. The molecule has 0 fully saturated rings. The minimum atomic E-state index is 0.213. The Morgan fingerprint density at radius 1 is 0.384 bits per heavy atom. The fourth-order valence-corrected chi connectivity index (χ4v) is 10.3. The Labute approximate surface area is 419 Å². The summed E-state index contributed by atoms with van der Waals surface area (Å²) in [5, 5.41) is 33.4. The van der Waals surface area contributed by atoms with Crippen LogP contribution in [-0.2, 0) is 0 Å². The van der Waals surface area contributed by atoms with Gasteiger partial charge in [0.25, 0.3) is 0 Å². The third-order valence-corrected chi connectivity index (χ3v) is 13.4. The first-order valence-corrected chi connectivity index (χ1v) is 22.7. The normalized spacial score (nSPS) is 10.7. The lowest BCUT2D eigenvalue weighted by molar-refractivity contribution is 1.16. The molecule has 0 bridgehead atoms. The van der Waals surface area contributed by atoms with E-state index < -0.39 is 0 Å². The molecule has 9 aromatic carbocycles. The molecule has 2 aromatic heterocycles. The molecule has 10 heteroatoms. The molecule has 10 nitrogen and oxygen atoms in total. The molecule has 0 N–H and O–H groups in total. The van der Waals surface area contributed by atoms with Gasteiger partial charge in [-0.3, -0.25) is 0 Å². The number of rotatable bonds is 6. The second kappa shape index (κ2) is 17.5. The summed E-state index contributed by atoms with van der Waals surface area (Å²) in [5.41, 5.74) is 13.9. The van der Waals surface area contributed by atoms with E-state index in [-0.39, 0.29) is 33.9 Å². The molecule has 0 spiro atoms. The van der Waals surface area contributed by atoms with Crippen molar-refractivity contribution in [2.45, 2.75) is 6.92 Å². The van der Waals surface area contributed by atoms with Gasteiger partial charge in [-0.15, -0.1) is 0 Å². The van der Waals surface area contributed by atoms with E-state index in [2.05, 4.69) is 75.8 Å². The van der Waals surface area contributed by atoms with E-state index in [9.17, 15) is 15.8 Å². The van der Waals surface area contributed by atoms with Crippen molar-refractivity contribution in [1.29, 1.82) is 15.8 Å². The third-order valence-electron chi connectivity index (χ3n) is 13.4. The maximum atomic E-state index is 10.3. The summed E-state index contributed by atoms with van der Waals surface area (Å²) in [6, 6.07) is 58.2. The van der Waals surface area contributed by atoms with Crippen molar-refractivity contribution in [3.8, 4) is 74.1 Å². The number of nitrogens with zero attached hydrogens (tertiary/aromatic N) is 10. The fourth-order valence-electron chi connectivity index (χ4n) is 10.3. The predicted octanol–water partition coefficient (Wildman–Crippen LogP) is 17.2. The van der Waals surface area contributed by atoms with Crippen LogP contribution < -0.4 is 0 Å². The van der Waals surface area contributed by atoms with Crippen molar-refractivity contribution < 1.29 is 0 Å². The first-order chi connectivity index (χ1) is 35.7. The highest BCUT2D eigenvalue weighted by atomic mass is 15.0. The lowest BCUT2D eigenvalue weighted by Gasteiger charge is -2.20. The van der Waals surface area contributed by atoms with Gasteiger partial charge in [0.15, 0.2) is 28.4 Å². The van der Waals surface area contributed by atoms with E-state index in [4.69, 9.17) is 32.9 Å². The van der Waals surface area contributed by atoms with Crippen LogP contribution in [0, 0.1) is 73.8 Å². The van der Waals surface area contributed by atoms with Crippen LogP contribution in [-0.4, -0.2) is 9.13 Å². The van der Waals surface area contributed by atoms with Crippen LogP contribution in [0.1, 0.15) is 22.3 Å². The highest BCUT2D eigenvalue weighted by Gasteiger charge is 2.24. The van der Waals surface area contributed by atoms with Gasteiger partial charge in [-0.2, -0.15) is 15.8 Å². The second-order valence-corrected chi connectivity index (χ2v) is 17.3. The van der Waals surface area contributed by atoms with Crippen LogP contribution in [0.4, 0.5) is 28.4 Å². The summed E-state index contributed by atoms with van der Waals surface area (Å²) in [4.78, 5) is 18.7. The van der Waals surface area contributed by atoms with Crippen molar-refractivity contribution in [2.75, 3.05) is 0 Å². The van der Waals surface area contributed by atoms with Gasteiger partial charge in [-0.25, -0.2) is 24.2 Å². The summed E-state index contributed by atoms with van der Waals surface area (Å²) in [6.45, 7) is 41.9. The molecule has 0 aliphatic heterocycles. The molecule has 0 atom stereocenters. The summed E-state index contributed by atoms with van der Waals surface area (Å²) >= 11 is 0. The number of fused-ring (bicyclic) bond motifs is 6. The Hall–Kier alpha value is -11.5. The maximum absolute atomic E-state index is 10.3. The molecule has 0 aliphatic rings. The molecule has 73 heavy (non-hydrogen) atoms. The lowest BCUT2D eigenvalue weighted by Crippen LogP contribution is -2.02. The number of aryl methyl sites for hydroxylation is 1. The Morgan fingerprint density at radius 3 is 1.51 bits per heavy atom. The van der Waals surface area contributed by atoms with E-state index in [0.29, 0.717) is 33.5 Å². The predicted molar refractivity (Wildman–Crippen MR) is 287 cm³/mol. The molecular weight excluding hydrogens is 897 g/mol. The topological polar surface area (TPSA) is 103 Å². The van der Waals surface area contributed by atoms with Gasteiger partial charge < -0.3 is 9.13 Å². The van der Waals surface area contributed by atoms with Crippen molar-refractivity contribution in [3.63, 3.8) is 0 Å². The van der Waals surface area contributed by atoms with Gasteiger partial charge in [0.2, 0.25) is 0 Å². The van der Waals surface area contributed by atoms with Crippen molar-refractivity contribution >= 4 is 72.0 Å². The van der Waals surface area contributed by atoms with Crippen LogP contribution in [0.5, 0.6) is 0 Å².